The van der Waals surface area contributed by atoms with Crippen molar-refractivity contribution in [2.24, 2.45) is 11.7 Å². The largest absolute Gasteiger partial charge is 0.493 e. The molecule has 0 spiro atoms. The number of hydrogen-bond donors (Lipinski definition) is 1. The zero-order chi connectivity index (χ0) is 13.9. The van der Waals surface area contributed by atoms with Crippen LogP contribution in [0.1, 0.15) is 20.3 Å². The molecule has 4 nitrogen and oxygen atoms in total. The highest BCUT2D eigenvalue weighted by atomic mass is 16.5. The Balaban J connectivity index is 1.69. The summed E-state index contributed by atoms with van der Waals surface area (Å²) in [6, 6.07) is 9.54. The standard InChI is InChI=1S/C15H22N2O2/c1-12(2)15(16)10-17(11-15)14(18)8-9-19-13-6-4-3-5-7-13/h3-7,12H,8-11,16H2,1-2H3. The van der Waals surface area contributed by atoms with E-state index >= 15 is 0 Å². The van der Waals surface area contributed by atoms with Gasteiger partial charge in [-0.15, -0.1) is 0 Å². The van der Waals surface area contributed by atoms with Crippen LogP contribution < -0.4 is 10.5 Å². The molecule has 1 aromatic carbocycles. The molecule has 1 heterocycles. The molecule has 2 N–H and O–H groups in total. The quantitative estimate of drug-likeness (QED) is 0.878. The molecule has 19 heavy (non-hydrogen) atoms. The van der Waals surface area contributed by atoms with Gasteiger partial charge in [-0.1, -0.05) is 32.0 Å². The highest BCUT2D eigenvalue weighted by Gasteiger charge is 2.43. The van der Waals surface area contributed by atoms with E-state index in [1.165, 1.54) is 0 Å². The van der Waals surface area contributed by atoms with Gasteiger partial charge in [-0.2, -0.15) is 0 Å². The van der Waals surface area contributed by atoms with Crippen LogP contribution in [0.3, 0.4) is 0 Å². The molecule has 1 aliphatic heterocycles. The zero-order valence-corrected chi connectivity index (χ0v) is 11.6. The number of carbonyl (C=O) groups excluding carboxylic acids is 1. The molecule has 1 aliphatic rings. The fourth-order valence-electron chi connectivity index (χ4n) is 2.14. The van der Waals surface area contributed by atoms with E-state index in [-0.39, 0.29) is 11.4 Å². The van der Waals surface area contributed by atoms with Gasteiger partial charge in [0.05, 0.1) is 18.6 Å². The molecule has 1 amide bonds. The lowest BCUT2D eigenvalue weighted by Crippen LogP contribution is -2.71. The minimum absolute atomic E-state index is 0.123. The van der Waals surface area contributed by atoms with E-state index in [4.69, 9.17) is 10.5 Å². The Morgan fingerprint density at radius 2 is 2.00 bits per heavy atom. The van der Waals surface area contributed by atoms with E-state index in [9.17, 15) is 4.79 Å². The number of rotatable bonds is 5. The van der Waals surface area contributed by atoms with E-state index in [1.807, 2.05) is 35.2 Å². The number of para-hydroxylation sites is 1. The normalized spacial score (nSPS) is 17.2. The van der Waals surface area contributed by atoms with E-state index in [1.54, 1.807) is 0 Å². The lowest BCUT2D eigenvalue weighted by molar-refractivity contribution is -0.140. The molecule has 4 heteroatoms. The van der Waals surface area contributed by atoms with E-state index in [0.717, 1.165) is 5.75 Å². The van der Waals surface area contributed by atoms with Crippen molar-refractivity contribution < 1.29 is 9.53 Å². The summed E-state index contributed by atoms with van der Waals surface area (Å²) < 4.78 is 5.52. The van der Waals surface area contributed by atoms with Crippen LogP contribution in [0.4, 0.5) is 0 Å². The van der Waals surface area contributed by atoms with Crippen LogP contribution in [0.2, 0.25) is 0 Å². The van der Waals surface area contributed by atoms with Crippen LogP contribution >= 0.6 is 0 Å². The summed E-state index contributed by atoms with van der Waals surface area (Å²) in [5.74, 6) is 1.32. The Morgan fingerprint density at radius 1 is 1.37 bits per heavy atom. The van der Waals surface area contributed by atoms with Crippen LogP contribution in [-0.2, 0) is 4.79 Å². The summed E-state index contributed by atoms with van der Waals surface area (Å²) in [6.07, 6.45) is 0.406. The maximum atomic E-state index is 11.9. The van der Waals surface area contributed by atoms with Gasteiger partial charge in [0.15, 0.2) is 0 Å². The second kappa shape index (κ2) is 5.61. The van der Waals surface area contributed by atoms with Crippen LogP contribution in [0.5, 0.6) is 5.75 Å². The first-order valence-corrected chi connectivity index (χ1v) is 6.76. The second-order valence-corrected chi connectivity index (χ2v) is 5.55. The first-order valence-electron chi connectivity index (χ1n) is 6.76. The lowest BCUT2D eigenvalue weighted by atomic mass is 9.80. The van der Waals surface area contributed by atoms with E-state index in [0.29, 0.717) is 32.0 Å². The smallest absolute Gasteiger partial charge is 0.226 e. The number of carbonyl (C=O) groups is 1. The van der Waals surface area contributed by atoms with Crippen LogP contribution in [0.15, 0.2) is 30.3 Å². The van der Waals surface area contributed by atoms with Crippen LogP contribution in [0.25, 0.3) is 0 Å². The number of nitrogens with two attached hydrogens (primary N) is 1. The Morgan fingerprint density at radius 3 is 2.58 bits per heavy atom. The maximum absolute atomic E-state index is 11.9. The van der Waals surface area contributed by atoms with E-state index in [2.05, 4.69) is 13.8 Å². The highest BCUT2D eigenvalue weighted by Crippen LogP contribution is 2.26. The fourth-order valence-corrected chi connectivity index (χ4v) is 2.14. The summed E-state index contributed by atoms with van der Waals surface area (Å²) in [5, 5.41) is 0. The molecule has 0 aromatic heterocycles. The van der Waals surface area contributed by atoms with Gasteiger partial charge in [-0.05, 0) is 18.1 Å². The third-order valence-electron chi connectivity index (χ3n) is 3.80. The molecule has 0 bridgehead atoms. The molecule has 0 unspecified atom stereocenters. The first kappa shape index (κ1) is 13.9. The summed E-state index contributed by atoms with van der Waals surface area (Å²) in [7, 11) is 0. The topological polar surface area (TPSA) is 55.6 Å². The number of nitrogens with zero attached hydrogens (tertiary/aromatic N) is 1. The number of benzene rings is 1. The molecule has 0 atom stereocenters. The van der Waals surface area contributed by atoms with Gasteiger partial charge in [0, 0.05) is 13.1 Å². The number of amides is 1. The average molecular weight is 262 g/mol. The zero-order valence-electron chi connectivity index (χ0n) is 11.6. The summed E-state index contributed by atoms with van der Waals surface area (Å²) in [6.45, 7) is 5.93. The van der Waals surface area contributed by atoms with Crippen molar-refractivity contribution in [3.63, 3.8) is 0 Å². The van der Waals surface area contributed by atoms with Crippen molar-refractivity contribution in [3.8, 4) is 5.75 Å². The SMILES string of the molecule is CC(C)C1(N)CN(C(=O)CCOc2ccccc2)C1. The van der Waals surface area contributed by atoms with Gasteiger partial charge in [-0.25, -0.2) is 0 Å². The van der Waals surface area contributed by atoms with Crippen molar-refractivity contribution >= 4 is 5.91 Å². The minimum atomic E-state index is -0.198. The third-order valence-corrected chi connectivity index (χ3v) is 3.80. The first-order chi connectivity index (χ1) is 9.01. The van der Waals surface area contributed by atoms with Crippen molar-refractivity contribution in [2.75, 3.05) is 19.7 Å². The van der Waals surface area contributed by atoms with Crippen LogP contribution in [0, 0.1) is 5.92 Å². The Bertz CT molecular complexity index is 425. The molecular formula is C15H22N2O2. The minimum Gasteiger partial charge on any atom is -0.493 e. The van der Waals surface area contributed by atoms with Crippen LogP contribution in [-0.4, -0.2) is 36.0 Å². The van der Waals surface area contributed by atoms with Crippen molar-refractivity contribution in [1.82, 2.24) is 4.90 Å². The van der Waals surface area contributed by atoms with Gasteiger partial charge >= 0.3 is 0 Å². The molecular weight excluding hydrogens is 240 g/mol. The summed E-state index contributed by atoms with van der Waals surface area (Å²) in [5.41, 5.74) is 5.97. The third kappa shape index (κ3) is 3.26. The number of hydrogen-bond acceptors (Lipinski definition) is 3. The molecule has 104 valence electrons. The summed E-state index contributed by atoms with van der Waals surface area (Å²) >= 11 is 0. The fraction of sp³-hybridized carbons (Fsp3) is 0.533. The van der Waals surface area contributed by atoms with Gasteiger partial charge < -0.3 is 15.4 Å². The average Bonchev–Trinajstić information content (AvgIpc) is 2.35. The monoisotopic (exact) mass is 262 g/mol. The molecule has 0 radical (unpaired) electrons. The predicted octanol–water partition coefficient (Wildman–Crippen LogP) is 1.65. The number of likely N-dealkylation sites (tertiary alicyclic amines) is 1. The Labute approximate surface area is 114 Å². The Kier molecular flexibility index (Phi) is 4.10. The molecule has 0 saturated carbocycles. The Hall–Kier alpha value is -1.55. The molecule has 1 aromatic rings. The molecule has 0 aliphatic carbocycles. The molecule has 2 rings (SSSR count). The molecule has 1 saturated heterocycles. The van der Waals surface area contributed by atoms with Gasteiger partial charge in [-0.3, -0.25) is 4.79 Å². The maximum Gasteiger partial charge on any atom is 0.226 e. The van der Waals surface area contributed by atoms with Crippen molar-refractivity contribution in [2.45, 2.75) is 25.8 Å². The lowest BCUT2D eigenvalue weighted by Gasteiger charge is -2.50. The summed E-state index contributed by atoms with van der Waals surface area (Å²) in [4.78, 5) is 13.7. The van der Waals surface area contributed by atoms with Crippen molar-refractivity contribution in [1.29, 1.82) is 0 Å². The molecule has 1 fully saturated rings. The number of ether oxygens (including phenoxy) is 1. The van der Waals surface area contributed by atoms with Gasteiger partial charge in [0.2, 0.25) is 5.91 Å². The highest BCUT2D eigenvalue weighted by molar-refractivity contribution is 5.77. The predicted molar refractivity (Wildman–Crippen MR) is 74.9 cm³/mol. The van der Waals surface area contributed by atoms with Gasteiger partial charge in [0.1, 0.15) is 5.75 Å². The van der Waals surface area contributed by atoms with Gasteiger partial charge in [0.25, 0.3) is 0 Å². The van der Waals surface area contributed by atoms with E-state index < -0.39 is 0 Å². The second-order valence-electron chi connectivity index (χ2n) is 5.55. The van der Waals surface area contributed by atoms with Crippen molar-refractivity contribution in [3.05, 3.63) is 30.3 Å².